The molecule has 0 N–H and O–H groups in total. The Bertz CT molecular complexity index is 3490. The third-order valence-corrected chi connectivity index (χ3v) is 14.0. The Hall–Kier alpha value is -8.00. The van der Waals surface area contributed by atoms with E-state index in [0.717, 1.165) is 5.69 Å². The van der Waals surface area contributed by atoms with Gasteiger partial charge in [-0.05, 0) is 120 Å². The minimum absolute atomic E-state index is 0.176. The van der Waals surface area contributed by atoms with Crippen LogP contribution in [0.5, 0.6) is 0 Å². The number of benzene rings is 10. The summed E-state index contributed by atoms with van der Waals surface area (Å²) >= 11 is 0. The number of fused-ring (bicyclic) bond motifs is 10. The highest BCUT2D eigenvalue weighted by Gasteiger charge is 2.47. The summed E-state index contributed by atoms with van der Waals surface area (Å²) in [5.41, 5.74) is 22.4. The van der Waals surface area contributed by atoms with Crippen LogP contribution in [0.3, 0.4) is 0 Å². The summed E-state index contributed by atoms with van der Waals surface area (Å²) in [6.07, 6.45) is 0. The molecule has 1 heterocycles. The monoisotopic (exact) mass is 799 g/mol. The van der Waals surface area contributed by atoms with Crippen LogP contribution in [-0.2, 0) is 5.41 Å². The number of rotatable bonds is 6. The molecule has 1 nitrogen and oxygen atoms in total. The lowest BCUT2D eigenvalue weighted by molar-refractivity contribution is 0.776. The molecule has 0 fully saturated rings. The fourth-order valence-corrected chi connectivity index (χ4v) is 11.3. The first-order chi connectivity index (χ1) is 31.3. The van der Waals surface area contributed by atoms with Crippen molar-refractivity contribution in [3.05, 3.63) is 282 Å². The third-order valence-electron chi connectivity index (χ3n) is 14.0. The van der Waals surface area contributed by atoms with E-state index in [4.69, 9.17) is 0 Å². The molecule has 294 valence electrons. The molecule has 0 amide bonds. The van der Waals surface area contributed by atoms with E-state index in [2.05, 4.69) is 247 Å². The lowest BCUT2D eigenvalue weighted by Crippen LogP contribution is -2.28. The highest BCUT2D eigenvalue weighted by atomic mass is 15.0. The van der Waals surface area contributed by atoms with Crippen LogP contribution in [0.25, 0.3) is 72.0 Å². The number of para-hydroxylation sites is 1. The van der Waals surface area contributed by atoms with E-state index in [9.17, 15) is 0 Å². The summed E-state index contributed by atoms with van der Waals surface area (Å²) in [5.74, 6) is 0.176. The van der Waals surface area contributed by atoms with Gasteiger partial charge in [-0.1, -0.05) is 206 Å². The van der Waals surface area contributed by atoms with Crippen LogP contribution in [0.1, 0.15) is 44.9 Å². The maximum absolute atomic E-state index is 2.48. The van der Waals surface area contributed by atoms with Crippen LogP contribution in [0.15, 0.2) is 243 Å². The van der Waals surface area contributed by atoms with Crippen molar-refractivity contribution in [2.24, 2.45) is 0 Å². The summed E-state index contributed by atoms with van der Waals surface area (Å²) in [5, 5.41) is 2.55. The van der Waals surface area contributed by atoms with E-state index in [1.165, 1.54) is 105 Å². The van der Waals surface area contributed by atoms with E-state index in [1.54, 1.807) is 0 Å². The Balaban J connectivity index is 1.05. The second kappa shape index (κ2) is 14.0. The molecule has 1 unspecified atom stereocenters. The van der Waals surface area contributed by atoms with E-state index in [0.29, 0.717) is 0 Å². The fourth-order valence-electron chi connectivity index (χ4n) is 11.3. The zero-order valence-electron chi connectivity index (χ0n) is 34.6. The topological polar surface area (TPSA) is 4.93 Å². The van der Waals surface area contributed by atoms with Gasteiger partial charge in [0.05, 0.1) is 16.4 Å². The predicted octanol–water partition coefficient (Wildman–Crippen LogP) is 15.6. The molecule has 10 aromatic carbocycles. The molecule has 2 aliphatic carbocycles. The van der Waals surface area contributed by atoms with E-state index >= 15 is 0 Å². The zero-order valence-corrected chi connectivity index (χ0v) is 34.6. The van der Waals surface area contributed by atoms with Crippen LogP contribution in [0, 0.1) is 0 Å². The average Bonchev–Trinajstić information content (AvgIpc) is 3.99. The minimum Gasteiger partial charge on any atom is -0.309 e. The van der Waals surface area contributed by atoms with Gasteiger partial charge in [-0.15, -0.1) is 0 Å². The Morgan fingerprint density at radius 3 is 1.62 bits per heavy atom. The summed E-state index contributed by atoms with van der Waals surface area (Å²) in [6.45, 7) is 0. The van der Waals surface area contributed by atoms with Crippen LogP contribution in [-0.4, -0.2) is 4.57 Å². The molecular weight excluding hydrogens is 759 g/mol. The van der Waals surface area contributed by atoms with E-state index < -0.39 is 5.41 Å². The first kappa shape index (κ1) is 35.7. The van der Waals surface area contributed by atoms with Crippen molar-refractivity contribution in [1.29, 1.82) is 0 Å². The van der Waals surface area contributed by atoms with Crippen molar-refractivity contribution in [3.8, 4) is 50.2 Å². The van der Waals surface area contributed by atoms with Crippen LogP contribution in [0.2, 0.25) is 0 Å². The molecule has 0 aliphatic heterocycles. The van der Waals surface area contributed by atoms with Gasteiger partial charge >= 0.3 is 0 Å². The third kappa shape index (κ3) is 5.24. The second-order valence-corrected chi connectivity index (χ2v) is 17.1. The van der Waals surface area contributed by atoms with Gasteiger partial charge in [0.1, 0.15) is 0 Å². The number of hydrogen-bond donors (Lipinski definition) is 0. The van der Waals surface area contributed by atoms with E-state index in [-0.39, 0.29) is 5.92 Å². The molecule has 0 spiro atoms. The summed E-state index contributed by atoms with van der Waals surface area (Å²) < 4.78 is 2.48. The Morgan fingerprint density at radius 1 is 0.349 bits per heavy atom. The van der Waals surface area contributed by atoms with E-state index in [1.807, 2.05) is 0 Å². The lowest BCUT2D eigenvalue weighted by Gasteiger charge is -2.34. The molecule has 0 bridgehead atoms. The summed E-state index contributed by atoms with van der Waals surface area (Å²) in [6, 6.07) is 90.3. The van der Waals surface area contributed by atoms with Gasteiger partial charge < -0.3 is 4.57 Å². The van der Waals surface area contributed by atoms with Gasteiger partial charge in [-0.2, -0.15) is 0 Å². The van der Waals surface area contributed by atoms with Gasteiger partial charge in [0.2, 0.25) is 0 Å². The highest BCUT2D eigenvalue weighted by Crippen LogP contribution is 2.59. The smallest absolute Gasteiger partial charge is 0.0720 e. The number of nitrogens with zero attached hydrogens (tertiary/aromatic N) is 1. The Kier molecular flexibility index (Phi) is 7.95. The van der Waals surface area contributed by atoms with Crippen molar-refractivity contribution in [2.75, 3.05) is 0 Å². The Morgan fingerprint density at radius 2 is 0.889 bits per heavy atom. The van der Waals surface area contributed by atoms with Crippen LogP contribution in [0.4, 0.5) is 0 Å². The lowest BCUT2D eigenvalue weighted by atomic mass is 9.67. The molecule has 63 heavy (non-hydrogen) atoms. The molecule has 2 aliphatic rings. The second-order valence-electron chi connectivity index (χ2n) is 17.1. The average molecular weight is 800 g/mol. The molecule has 1 aromatic heterocycles. The normalized spacial score (nSPS) is 14.3. The maximum atomic E-state index is 2.48. The van der Waals surface area contributed by atoms with Gasteiger partial charge in [-0.25, -0.2) is 0 Å². The fraction of sp³-hybridized carbons (Fsp3) is 0.0323. The summed E-state index contributed by atoms with van der Waals surface area (Å²) in [7, 11) is 0. The molecule has 1 heteroatoms. The predicted molar refractivity (Wildman–Crippen MR) is 262 cm³/mol. The number of aromatic nitrogens is 1. The molecule has 1 atom stereocenters. The molecule has 13 rings (SSSR count). The van der Waals surface area contributed by atoms with Gasteiger partial charge in [0.25, 0.3) is 0 Å². The molecule has 0 saturated heterocycles. The van der Waals surface area contributed by atoms with Gasteiger partial charge in [0, 0.05) is 22.4 Å². The minimum atomic E-state index is -0.536. The van der Waals surface area contributed by atoms with Gasteiger partial charge in [0.15, 0.2) is 0 Å². The highest BCUT2D eigenvalue weighted by molar-refractivity contribution is 6.16. The number of hydrogen-bond acceptors (Lipinski definition) is 0. The van der Waals surface area contributed by atoms with Crippen molar-refractivity contribution in [1.82, 2.24) is 4.57 Å². The van der Waals surface area contributed by atoms with Crippen molar-refractivity contribution in [2.45, 2.75) is 11.3 Å². The Labute approximate surface area is 367 Å². The standard InChI is InChI=1S/C62H41N/c1-5-17-41(18-6-1)42-29-31-43(32-30-42)59-51-27-14-13-25-49(51)54-39-44(33-35-52(54)59)45-34-37-57-55(40-45)60-58(63(57)48-23-11-4-12-24-48)38-36-53-50-26-15-16-28-56(50)62(61(53)60,46-19-7-2-8-20-46)47-21-9-3-10-22-47/h1-40,59H. The first-order valence-electron chi connectivity index (χ1n) is 22.0. The largest absolute Gasteiger partial charge is 0.309 e. The van der Waals surface area contributed by atoms with Crippen LogP contribution < -0.4 is 0 Å². The van der Waals surface area contributed by atoms with Crippen molar-refractivity contribution in [3.63, 3.8) is 0 Å². The van der Waals surface area contributed by atoms with Crippen molar-refractivity contribution < 1.29 is 0 Å². The molecule has 0 radical (unpaired) electrons. The maximum Gasteiger partial charge on any atom is 0.0720 e. The SMILES string of the molecule is c1ccc(-c2ccc(C3c4ccccc4-c4cc(-c5ccc6c(c5)c5c7c(ccc5n6-c5ccccc5)-c5ccccc5C7(c5ccccc5)c5ccccc5)ccc43)cc2)cc1. The zero-order chi connectivity index (χ0) is 41.5. The molecular formula is C62H41N. The molecule has 0 saturated carbocycles. The first-order valence-corrected chi connectivity index (χ1v) is 22.0. The van der Waals surface area contributed by atoms with Gasteiger partial charge in [-0.3, -0.25) is 0 Å². The van der Waals surface area contributed by atoms with Crippen LogP contribution >= 0.6 is 0 Å². The summed E-state index contributed by atoms with van der Waals surface area (Å²) in [4.78, 5) is 0. The van der Waals surface area contributed by atoms with Crippen molar-refractivity contribution >= 4 is 21.8 Å². The molecule has 11 aromatic rings. The quantitative estimate of drug-likeness (QED) is 0.158.